The van der Waals surface area contributed by atoms with Gasteiger partial charge in [0, 0.05) is 17.8 Å². The first-order valence-electron chi connectivity index (χ1n) is 6.21. The molecule has 0 aliphatic carbocycles. The average Bonchev–Trinajstić information content (AvgIpc) is 2.89. The van der Waals surface area contributed by atoms with Crippen molar-refractivity contribution in [2.75, 3.05) is 5.32 Å². The van der Waals surface area contributed by atoms with Crippen LogP contribution in [0.2, 0.25) is 0 Å². The predicted molar refractivity (Wildman–Crippen MR) is 71.5 cm³/mol. The summed E-state index contributed by atoms with van der Waals surface area (Å²) in [7, 11) is 0. The van der Waals surface area contributed by atoms with Crippen molar-refractivity contribution in [3.8, 4) is 0 Å². The van der Waals surface area contributed by atoms with Gasteiger partial charge in [-0.25, -0.2) is 0 Å². The molecule has 0 bridgehead atoms. The van der Waals surface area contributed by atoms with Crippen molar-refractivity contribution in [1.82, 2.24) is 10.5 Å². The molecule has 2 N–H and O–H groups in total. The van der Waals surface area contributed by atoms with Crippen LogP contribution in [0.3, 0.4) is 0 Å². The molecule has 0 saturated carbocycles. The average molecular weight is 271 g/mol. The van der Waals surface area contributed by atoms with E-state index >= 15 is 0 Å². The Bertz CT molecular complexity index is 699. The molecule has 1 aliphatic rings. The Kier molecular flexibility index (Phi) is 2.78. The zero-order chi connectivity index (χ0) is 14.3. The van der Waals surface area contributed by atoms with Crippen LogP contribution in [0.5, 0.6) is 0 Å². The lowest BCUT2D eigenvalue weighted by Crippen LogP contribution is -2.19. The van der Waals surface area contributed by atoms with Crippen LogP contribution in [0.15, 0.2) is 22.7 Å². The van der Waals surface area contributed by atoms with Gasteiger partial charge in [-0.2, -0.15) is 0 Å². The van der Waals surface area contributed by atoms with E-state index in [1.807, 2.05) is 13.8 Å². The molecule has 102 valence electrons. The second kappa shape index (κ2) is 4.48. The number of carbonyl (C=O) groups excluding carboxylic acids is 2. The standard InChI is InChI=1S/C14H13N3O3/c1-7-12(8(2)20-17-7)6-15-9-3-4-10-11(5-9)14(19)16-13(10)18/h3-5,15H,6H2,1-2H3,(H,16,18,19). The molecule has 0 radical (unpaired) electrons. The Morgan fingerprint density at radius 1 is 1.20 bits per heavy atom. The Morgan fingerprint density at radius 3 is 2.65 bits per heavy atom. The van der Waals surface area contributed by atoms with Crippen LogP contribution in [0.1, 0.15) is 37.7 Å². The first-order valence-corrected chi connectivity index (χ1v) is 6.21. The molecule has 1 aliphatic heterocycles. The third-order valence-corrected chi connectivity index (χ3v) is 3.39. The van der Waals surface area contributed by atoms with Crippen LogP contribution in [0, 0.1) is 13.8 Å². The number of aromatic nitrogens is 1. The number of nitrogens with one attached hydrogen (secondary N) is 2. The molecule has 0 atom stereocenters. The summed E-state index contributed by atoms with van der Waals surface area (Å²) in [5.74, 6) is 0.0670. The van der Waals surface area contributed by atoms with E-state index in [2.05, 4.69) is 15.8 Å². The van der Waals surface area contributed by atoms with Gasteiger partial charge in [-0.05, 0) is 32.0 Å². The molecule has 2 amide bonds. The van der Waals surface area contributed by atoms with Crippen LogP contribution in [-0.2, 0) is 6.54 Å². The molecule has 3 rings (SSSR count). The lowest BCUT2D eigenvalue weighted by molar-refractivity contribution is 0.0879. The molecule has 0 fully saturated rings. The molecule has 2 heterocycles. The van der Waals surface area contributed by atoms with Crippen molar-refractivity contribution in [2.45, 2.75) is 20.4 Å². The summed E-state index contributed by atoms with van der Waals surface area (Å²) in [6.07, 6.45) is 0. The number of nitrogens with zero attached hydrogens (tertiary/aromatic N) is 1. The number of rotatable bonds is 3. The van der Waals surface area contributed by atoms with Gasteiger partial charge < -0.3 is 9.84 Å². The van der Waals surface area contributed by atoms with Gasteiger partial charge in [-0.3, -0.25) is 14.9 Å². The van der Waals surface area contributed by atoms with E-state index in [0.717, 1.165) is 22.7 Å². The third kappa shape index (κ3) is 1.95. The zero-order valence-electron chi connectivity index (χ0n) is 11.1. The molecule has 6 heteroatoms. The van der Waals surface area contributed by atoms with Gasteiger partial charge in [-0.1, -0.05) is 5.16 Å². The number of imide groups is 1. The number of hydrogen-bond donors (Lipinski definition) is 2. The minimum Gasteiger partial charge on any atom is -0.381 e. The van der Waals surface area contributed by atoms with Crippen molar-refractivity contribution in [3.63, 3.8) is 0 Å². The van der Waals surface area contributed by atoms with Crippen LogP contribution in [-0.4, -0.2) is 17.0 Å². The third-order valence-electron chi connectivity index (χ3n) is 3.39. The van der Waals surface area contributed by atoms with Crippen LogP contribution in [0.25, 0.3) is 0 Å². The van der Waals surface area contributed by atoms with E-state index in [9.17, 15) is 9.59 Å². The van der Waals surface area contributed by atoms with Crippen LogP contribution in [0.4, 0.5) is 5.69 Å². The summed E-state index contributed by atoms with van der Waals surface area (Å²) in [4.78, 5) is 23.0. The van der Waals surface area contributed by atoms with E-state index in [-0.39, 0.29) is 11.8 Å². The molecule has 1 aromatic heterocycles. The van der Waals surface area contributed by atoms with E-state index < -0.39 is 0 Å². The summed E-state index contributed by atoms with van der Waals surface area (Å²) in [5, 5.41) is 9.35. The highest BCUT2D eigenvalue weighted by atomic mass is 16.5. The fraction of sp³-hybridized carbons (Fsp3) is 0.214. The maximum atomic E-state index is 11.6. The smallest absolute Gasteiger partial charge is 0.259 e. The van der Waals surface area contributed by atoms with Gasteiger partial charge in [0.1, 0.15) is 5.76 Å². The molecule has 2 aromatic rings. The van der Waals surface area contributed by atoms with E-state index in [0.29, 0.717) is 17.7 Å². The van der Waals surface area contributed by atoms with Crippen molar-refractivity contribution < 1.29 is 14.1 Å². The van der Waals surface area contributed by atoms with Crippen LogP contribution >= 0.6 is 0 Å². The number of benzene rings is 1. The van der Waals surface area contributed by atoms with Gasteiger partial charge in [0.15, 0.2) is 0 Å². The molecule has 6 nitrogen and oxygen atoms in total. The maximum absolute atomic E-state index is 11.6. The largest absolute Gasteiger partial charge is 0.381 e. The zero-order valence-corrected chi connectivity index (χ0v) is 11.1. The van der Waals surface area contributed by atoms with Crippen molar-refractivity contribution >= 4 is 17.5 Å². The number of anilines is 1. The molecule has 0 saturated heterocycles. The van der Waals surface area contributed by atoms with Gasteiger partial charge in [0.25, 0.3) is 11.8 Å². The molecular formula is C14H13N3O3. The summed E-state index contributed by atoms with van der Waals surface area (Å²) < 4.78 is 5.09. The molecule has 20 heavy (non-hydrogen) atoms. The van der Waals surface area contributed by atoms with E-state index in [1.165, 1.54) is 0 Å². The fourth-order valence-corrected chi connectivity index (χ4v) is 2.22. The quantitative estimate of drug-likeness (QED) is 0.831. The normalized spacial score (nSPS) is 13.3. The lowest BCUT2D eigenvalue weighted by Gasteiger charge is -2.07. The van der Waals surface area contributed by atoms with Crippen molar-refractivity contribution in [3.05, 3.63) is 46.3 Å². The Balaban J connectivity index is 1.81. The molecule has 0 unspecified atom stereocenters. The van der Waals surface area contributed by atoms with Gasteiger partial charge in [0.05, 0.1) is 16.8 Å². The SMILES string of the molecule is Cc1noc(C)c1CNc1ccc2c(c1)C(=O)NC2=O. The predicted octanol–water partition coefficient (Wildman–Crippen LogP) is 1.79. The monoisotopic (exact) mass is 271 g/mol. The maximum Gasteiger partial charge on any atom is 0.259 e. The number of carbonyl (C=O) groups is 2. The summed E-state index contributed by atoms with van der Waals surface area (Å²) in [6.45, 7) is 4.28. The van der Waals surface area contributed by atoms with Crippen molar-refractivity contribution in [2.24, 2.45) is 0 Å². The van der Waals surface area contributed by atoms with Crippen molar-refractivity contribution in [1.29, 1.82) is 0 Å². The summed E-state index contributed by atoms with van der Waals surface area (Å²) >= 11 is 0. The number of fused-ring (bicyclic) bond motifs is 1. The Hall–Kier alpha value is -2.63. The topological polar surface area (TPSA) is 84.2 Å². The first-order chi connectivity index (χ1) is 9.56. The summed E-state index contributed by atoms with van der Waals surface area (Å²) in [5.41, 5.74) is 3.42. The minimum atomic E-state index is -0.356. The Morgan fingerprint density at radius 2 is 1.95 bits per heavy atom. The number of hydrogen-bond acceptors (Lipinski definition) is 5. The molecule has 0 spiro atoms. The van der Waals surface area contributed by atoms with Gasteiger partial charge in [-0.15, -0.1) is 0 Å². The first kappa shape index (κ1) is 12.4. The minimum absolute atomic E-state index is 0.345. The molecule has 1 aromatic carbocycles. The Labute approximate surface area is 115 Å². The fourth-order valence-electron chi connectivity index (χ4n) is 2.22. The highest BCUT2D eigenvalue weighted by Crippen LogP contribution is 2.21. The highest BCUT2D eigenvalue weighted by molar-refractivity contribution is 6.21. The van der Waals surface area contributed by atoms with E-state index in [4.69, 9.17) is 4.52 Å². The number of aryl methyl sites for hydroxylation is 2. The summed E-state index contributed by atoms with van der Waals surface area (Å²) in [6, 6.07) is 5.09. The highest BCUT2D eigenvalue weighted by Gasteiger charge is 2.26. The van der Waals surface area contributed by atoms with Crippen LogP contribution < -0.4 is 10.6 Å². The lowest BCUT2D eigenvalue weighted by atomic mass is 10.1. The number of amides is 2. The van der Waals surface area contributed by atoms with Gasteiger partial charge in [0.2, 0.25) is 0 Å². The van der Waals surface area contributed by atoms with E-state index in [1.54, 1.807) is 18.2 Å². The molecular weight excluding hydrogens is 258 g/mol. The second-order valence-corrected chi connectivity index (χ2v) is 4.70. The second-order valence-electron chi connectivity index (χ2n) is 4.70. The van der Waals surface area contributed by atoms with Gasteiger partial charge >= 0.3 is 0 Å².